The summed E-state index contributed by atoms with van der Waals surface area (Å²) in [6, 6.07) is 6.45. The lowest BCUT2D eigenvalue weighted by molar-refractivity contribution is -0.139. The van der Waals surface area contributed by atoms with Crippen LogP contribution in [0.3, 0.4) is 0 Å². The fraction of sp³-hybridized carbons (Fsp3) is 0.650. The minimum absolute atomic E-state index is 0.0596. The number of nitrogens with zero attached hydrogens (tertiary/aromatic N) is 1. The molecule has 25 heavy (non-hydrogen) atoms. The second kappa shape index (κ2) is 6.75. The van der Waals surface area contributed by atoms with Gasteiger partial charge in [0.1, 0.15) is 0 Å². The Morgan fingerprint density at radius 2 is 2.00 bits per heavy atom. The van der Waals surface area contributed by atoms with Crippen LogP contribution in [0.25, 0.3) is 0 Å². The zero-order valence-corrected chi connectivity index (χ0v) is 16.2. The first kappa shape index (κ1) is 17.6. The average molecular weight is 381 g/mol. The van der Waals surface area contributed by atoms with Crippen LogP contribution in [0.2, 0.25) is 10.0 Å². The molecule has 2 aliphatic carbocycles. The van der Waals surface area contributed by atoms with E-state index in [0.29, 0.717) is 27.9 Å². The van der Waals surface area contributed by atoms with E-state index >= 15 is 0 Å². The Morgan fingerprint density at radius 1 is 1.28 bits per heavy atom. The van der Waals surface area contributed by atoms with Crippen LogP contribution >= 0.6 is 23.2 Å². The number of nitrogens with one attached hydrogen (secondary N) is 1. The zero-order valence-electron chi connectivity index (χ0n) is 14.7. The van der Waals surface area contributed by atoms with Crippen molar-refractivity contribution in [2.24, 2.45) is 11.8 Å². The van der Waals surface area contributed by atoms with Gasteiger partial charge in [-0.1, -0.05) is 42.6 Å². The van der Waals surface area contributed by atoms with Gasteiger partial charge in [0.05, 0.1) is 10.0 Å². The minimum atomic E-state index is 0.0596. The van der Waals surface area contributed by atoms with Crippen LogP contribution in [0, 0.1) is 11.8 Å². The van der Waals surface area contributed by atoms with Crippen LogP contribution in [-0.4, -0.2) is 36.5 Å². The molecule has 1 aromatic rings. The average Bonchev–Trinajstić information content (AvgIpc) is 3.32. The number of benzene rings is 1. The topological polar surface area (TPSA) is 32.3 Å². The Labute approximate surface area is 160 Å². The first-order valence-electron chi connectivity index (χ1n) is 9.47. The summed E-state index contributed by atoms with van der Waals surface area (Å²) >= 11 is 12.4. The highest BCUT2D eigenvalue weighted by atomic mass is 35.5. The van der Waals surface area contributed by atoms with E-state index in [1.54, 1.807) is 0 Å². The number of halogens is 2. The fourth-order valence-electron chi connectivity index (χ4n) is 4.19. The molecular formula is C20H26Cl2N2O. The molecule has 1 atom stereocenters. The SMILES string of the molecule is CC(C(=O)N(CC1(c2ccc(Cl)c(Cl)c2)CCC1)C1CC1)C1CNC1. The van der Waals surface area contributed by atoms with Gasteiger partial charge in [-0.05, 0) is 62.4 Å². The lowest BCUT2D eigenvalue weighted by atomic mass is 9.64. The maximum atomic E-state index is 13.2. The molecule has 1 aromatic carbocycles. The molecule has 3 nitrogen and oxygen atoms in total. The first-order valence-corrected chi connectivity index (χ1v) is 10.2. The van der Waals surface area contributed by atoms with Crippen molar-refractivity contribution in [1.82, 2.24) is 10.2 Å². The molecule has 2 saturated carbocycles. The molecule has 1 amide bonds. The third-order valence-electron chi connectivity index (χ3n) is 6.50. The van der Waals surface area contributed by atoms with Gasteiger partial charge in [0.15, 0.2) is 0 Å². The summed E-state index contributed by atoms with van der Waals surface area (Å²) in [5.41, 5.74) is 1.30. The summed E-state index contributed by atoms with van der Waals surface area (Å²) in [7, 11) is 0. The van der Waals surface area contributed by atoms with Gasteiger partial charge in [-0.15, -0.1) is 0 Å². The van der Waals surface area contributed by atoms with Crippen molar-refractivity contribution in [3.05, 3.63) is 33.8 Å². The molecule has 3 fully saturated rings. The van der Waals surface area contributed by atoms with E-state index in [-0.39, 0.29) is 11.3 Å². The van der Waals surface area contributed by atoms with Crippen molar-refractivity contribution in [1.29, 1.82) is 0 Å². The Balaban J connectivity index is 1.55. The molecule has 1 heterocycles. The van der Waals surface area contributed by atoms with Crippen molar-refractivity contribution in [2.45, 2.75) is 50.5 Å². The summed E-state index contributed by atoms with van der Waals surface area (Å²) in [4.78, 5) is 15.4. The highest BCUT2D eigenvalue weighted by molar-refractivity contribution is 6.42. The summed E-state index contributed by atoms with van der Waals surface area (Å²) in [5, 5.41) is 4.50. The van der Waals surface area contributed by atoms with Gasteiger partial charge in [0.2, 0.25) is 5.91 Å². The van der Waals surface area contributed by atoms with Crippen molar-refractivity contribution < 1.29 is 4.79 Å². The zero-order chi connectivity index (χ0) is 17.6. The second-order valence-electron chi connectivity index (χ2n) is 8.17. The number of hydrogen-bond donors (Lipinski definition) is 1. The molecule has 0 radical (unpaired) electrons. The highest BCUT2D eigenvalue weighted by Gasteiger charge is 2.46. The number of carbonyl (C=O) groups is 1. The smallest absolute Gasteiger partial charge is 0.226 e. The van der Waals surface area contributed by atoms with Gasteiger partial charge in [-0.3, -0.25) is 4.79 Å². The lowest BCUT2D eigenvalue weighted by Gasteiger charge is -2.47. The largest absolute Gasteiger partial charge is 0.339 e. The quantitative estimate of drug-likeness (QED) is 0.799. The summed E-state index contributed by atoms with van der Waals surface area (Å²) in [6.07, 6.45) is 5.77. The Hall–Kier alpha value is -0.770. The molecule has 136 valence electrons. The molecule has 4 rings (SSSR count). The monoisotopic (exact) mass is 380 g/mol. The van der Waals surface area contributed by atoms with Crippen molar-refractivity contribution in [3.8, 4) is 0 Å². The Bertz CT molecular complexity index is 666. The highest BCUT2D eigenvalue weighted by Crippen LogP contribution is 2.47. The van der Waals surface area contributed by atoms with E-state index in [1.165, 1.54) is 12.0 Å². The van der Waals surface area contributed by atoms with Crippen LogP contribution in [0.5, 0.6) is 0 Å². The van der Waals surface area contributed by atoms with Crippen molar-refractivity contribution in [2.75, 3.05) is 19.6 Å². The van der Waals surface area contributed by atoms with E-state index in [4.69, 9.17) is 23.2 Å². The van der Waals surface area contributed by atoms with Crippen LogP contribution in [0.15, 0.2) is 18.2 Å². The maximum absolute atomic E-state index is 13.2. The predicted molar refractivity (Wildman–Crippen MR) is 102 cm³/mol. The van der Waals surface area contributed by atoms with Gasteiger partial charge in [0, 0.05) is 23.9 Å². The van der Waals surface area contributed by atoms with Crippen molar-refractivity contribution in [3.63, 3.8) is 0 Å². The maximum Gasteiger partial charge on any atom is 0.226 e. The predicted octanol–water partition coefficient (Wildman–Crippen LogP) is 4.26. The molecule has 3 aliphatic rings. The number of amides is 1. The van der Waals surface area contributed by atoms with E-state index < -0.39 is 0 Å². The lowest BCUT2D eigenvalue weighted by Crippen LogP contribution is -2.54. The third-order valence-corrected chi connectivity index (χ3v) is 7.24. The molecule has 1 saturated heterocycles. The van der Waals surface area contributed by atoms with Crippen molar-refractivity contribution >= 4 is 29.1 Å². The number of carbonyl (C=O) groups excluding carboxylic acids is 1. The van der Waals surface area contributed by atoms with Gasteiger partial charge in [0.25, 0.3) is 0 Å². The first-order chi connectivity index (χ1) is 12.0. The van der Waals surface area contributed by atoms with Gasteiger partial charge in [-0.25, -0.2) is 0 Å². The molecule has 0 spiro atoms. The summed E-state index contributed by atoms with van der Waals surface area (Å²) in [6.45, 7) is 4.89. The third kappa shape index (κ3) is 3.31. The Morgan fingerprint density at radius 3 is 2.48 bits per heavy atom. The fourth-order valence-corrected chi connectivity index (χ4v) is 4.49. The molecule has 1 N–H and O–H groups in total. The van der Waals surface area contributed by atoms with Gasteiger partial charge in [-0.2, -0.15) is 0 Å². The standard InChI is InChI=1S/C20H26Cl2N2O/c1-13(14-10-23-11-14)19(25)24(16-4-5-16)12-20(7-2-8-20)15-3-6-17(21)18(22)9-15/h3,6,9,13-14,16,23H,2,4-5,7-8,10-12H2,1H3. The second-order valence-corrected chi connectivity index (χ2v) is 8.98. The summed E-state index contributed by atoms with van der Waals surface area (Å²) < 4.78 is 0. The van der Waals surface area contributed by atoms with Crippen LogP contribution in [-0.2, 0) is 10.2 Å². The van der Waals surface area contributed by atoms with E-state index in [0.717, 1.165) is 45.3 Å². The van der Waals surface area contributed by atoms with Crippen LogP contribution in [0.1, 0.15) is 44.6 Å². The molecule has 5 heteroatoms. The van der Waals surface area contributed by atoms with E-state index in [9.17, 15) is 4.79 Å². The molecule has 0 aromatic heterocycles. The normalized spacial score (nSPS) is 23.5. The minimum Gasteiger partial charge on any atom is -0.339 e. The molecule has 1 aliphatic heterocycles. The van der Waals surface area contributed by atoms with E-state index in [1.807, 2.05) is 12.1 Å². The van der Waals surface area contributed by atoms with Gasteiger partial charge >= 0.3 is 0 Å². The van der Waals surface area contributed by atoms with E-state index in [2.05, 4.69) is 23.2 Å². The van der Waals surface area contributed by atoms with Crippen LogP contribution < -0.4 is 5.32 Å². The molecular weight excluding hydrogens is 355 g/mol. The number of rotatable bonds is 6. The Kier molecular flexibility index (Phi) is 4.76. The molecule has 1 unspecified atom stereocenters. The summed E-state index contributed by atoms with van der Waals surface area (Å²) in [5.74, 6) is 0.962. The van der Waals surface area contributed by atoms with Gasteiger partial charge < -0.3 is 10.2 Å². The molecule has 0 bridgehead atoms. The van der Waals surface area contributed by atoms with Crippen LogP contribution in [0.4, 0.5) is 0 Å². The number of hydrogen-bond acceptors (Lipinski definition) is 2.